The highest BCUT2D eigenvalue weighted by molar-refractivity contribution is 9.10. The van der Waals surface area contributed by atoms with Crippen LogP contribution in [0.25, 0.3) is 0 Å². The van der Waals surface area contributed by atoms with Gasteiger partial charge in [0.1, 0.15) is 5.60 Å². The molecule has 6 unspecified atom stereocenters. The molecule has 168 valence electrons. The molecule has 2 aliphatic rings. The van der Waals surface area contributed by atoms with Crippen molar-refractivity contribution in [2.24, 2.45) is 5.41 Å². The molecule has 1 saturated heterocycles. The predicted molar refractivity (Wildman–Crippen MR) is 127 cm³/mol. The summed E-state index contributed by atoms with van der Waals surface area (Å²) in [5, 5.41) is 23.3. The van der Waals surface area contributed by atoms with E-state index in [4.69, 9.17) is 9.47 Å². The molecular formula is C24H35BrO4S. The van der Waals surface area contributed by atoms with Crippen molar-refractivity contribution in [3.8, 4) is 0 Å². The number of halogens is 1. The minimum absolute atomic E-state index is 0.00321. The lowest BCUT2D eigenvalue weighted by molar-refractivity contribution is -0.229. The lowest BCUT2D eigenvalue weighted by Gasteiger charge is -2.58. The molecule has 1 aromatic carbocycles. The first kappa shape index (κ1) is 24.3. The molecule has 6 atom stereocenters. The van der Waals surface area contributed by atoms with Gasteiger partial charge < -0.3 is 19.7 Å². The maximum absolute atomic E-state index is 12.3. The summed E-state index contributed by atoms with van der Waals surface area (Å²) in [5.41, 5.74) is -0.0681. The Kier molecular flexibility index (Phi) is 7.48. The summed E-state index contributed by atoms with van der Waals surface area (Å²) in [6.07, 6.45) is 5.42. The number of hydrogen-bond acceptors (Lipinski definition) is 5. The summed E-state index contributed by atoms with van der Waals surface area (Å²) in [7, 11) is 1.64. The van der Waals surface area contributed by atoms with Crippen molar-refractivity contribution in [1.29, 1.82) is 0 Å². The van der Waals surface area contributed by atoms with Crippen molar-refractivity contribution >= 4 is 27.7 Å². The molecular weight excluding hydrogens is 464 g/mol. The highest BCUT2D eigenvalue weighted by atomic mass is 79.9. The van der Waals surface area contributed by atoms with Crippen molar-refractivity contribution < 1.29 is 19.7 Å². The number of hydrogen-bond donors (Lipinski definition) is 2. The van der Waals surface area contributed by atoms with Crippen molar-refractivity contribution in [1.82, 2.24) is 0 Å². The summed E-state index contributed by atoms with van der Waals surface area (Å²) >= 11 is 5.23. The minimum Gasteiger partial charge on any atom is -0.390 e. The molecule has 6 heteroatoms. The van der Waals surface area contributed by atoms with Gasteiger partial charge in [0.2, 0.25) is 0 Å². The quantitative estimate of drug-likeness (QED) is 0.399. The topological polar surface area (TPSA) is 62.2 Å². The van der Waals surface area contributed by atoms with Crippen molar-refractivity contribution in [2.45, 2.75) is 76.0 Å². The Morgan fingerprint density at radius 3 is 2.73 bits per heavy atom. The van der Waals surface area contributed by atoms with Crippen molar-refractivity contribution in [3.63, 3.8) is 0 Å². The van der Waals surface area contributed by atoms with E-state index in [1.165, 1.54) is 5.57 Å². The lowest BCUT2D eigenvalue weighted by atomic mass is 9.53. The second kappa shape index (κ2) is 9.24. The van der Waals surface area contributed by atoms with Gasteiger partial charge in [0.25, 0.3) is 0 Å². The molecule has 1 saturated carbocycles. The van der Waals surface area contributed by atoms with Crippen LogP contribution >= 0.6 is 27.7 Å². The standard InChI is InChI=1S/C24H35BrO4S/c1-16(2)9-10-20-22(3,29-20)24(15-30-5)21(28-4)19(26)11-12-23(24,27)14-17-7-6-8-18(25)13-17/h6-9,13,19-21,26-27H,10-12,14-15H2,1-5H3. The Bertz CT molecular complexity index is 782. The number of ether oxygens (including phenoxy) is 2. The maximum Gasteiger partial charge on any atom is 0.104 e. The van der Waals surface area contributed by atoms with E-state index < -0.39 is 28.8 Å². The van der Waals surface area contributed by atoms with Gasteiger partial charge in [0.15, 0.2) is 0 Å². The van der Waals surface area contributed by atoms with Crippen LogP contribution in [-0.2, 0) is 15.9 Å². The van der Waals surface area contributed by atoms with Crippen LogP contribution in [0.5, 0.6) is 0 Å². The molecule has 30 heavy (non-hydrogen) atoms. The van der Waals surface area contributed by atoms with Gasteiger partial charge in [0.05, 0.1) is 29.3 Å². The molecule has 0 radical (unpaired) electrons. The fourth-order valence-electron chi connectivity index (χ4n) is 5.54. The highest BCUT2D eigenvalue weighted by Gasteiger charge is 2.76. The fourth-order valence-corrected chi connectivity index (χ4v) is 7.17. The molecule has 0 aromatic heterocycles. The van der Waals surface area contributed by atoms with Crippen LogP contribution in [0.3, 0.4) is 0 Å². The number of rotatable bonds is 8. The summed E-state index contributed by atoms with van der Waals surface area (Å²) in [4.78, 5) is 0. The van der Waals surface area contributed by atoms with Gasteiger partial charge in [-0.25, -0.2) is 0 Å². The normalized spacial score (nSPS) is 38.3. The van der Waals surface area contributed by atoms with Gasteiger partial charge in [-0.05, 0) is 64.0 Å². The van der Waals surface area contributed by atoms with Gasteiger partial charge in [-0.1, -0.05) is 39.7 Å². The Labute approximate surface area is 193 Å². The van der Waals surface area contributed by atoms with E-state index in [1.54, 1.807) is 18.9 Å². The number of epoxide rings is 1. The van der Waals surface area contributed by atoms with Crippen LogP contribution < -0.4 is 0 Å². The van der Waals surface area contributed by atoms with Gasteiger partial charge in [0, 0.05) is 23.8 Å². The zero-order valence-corrected chi connectivity index (χ0v) is 21.1. The van der Waals surface area contributed by atoms with Crippen molar-refractivity contribution in [2.75, 3.05) is 19.1 Å². The van der Waals surface area contributed by atoms with Crippen LogP contribution in [0.1, 0.15) is 45.6 Å². The molecule has 1 aliphatic carbocycles. The van der Waals surface area contributed by atoms with E-state index in [1.807, 2.05) is 18.4 Å². The summed E-state index contributed by atoms with van der Waals surface area (Å²) in [6.45, 7) is 6.27. The SMILES string of the molecule is COC1C(O)CCC(O)(Cc2cccc(Br)c2)C1(CSC)C1(C)OC1CC=C(C)C. The van der Waals surface area contributed by atoms with E-state index >= 15 is 0 Å². The number of methoxy groups -OCH3 is 1. The second-order valence-corrected chi connectivity index (χ2v) is 11.0. The Morgan fingerprint density at radius 1 is 1.40 bits per heavy atom. The minimum atomic E-state index is -1.06. The molecule has 2 fully saturated rings. The second-order valence-electron chi connectivity index (χ2n) is 9.24. The molecule has 0 bridgehead atoms. The summed E-state index contributed by atoms with van der Waals surface area (Å²) in [6, 6.07) is 8.10. The largest absolute Gasteiger partial charge is 0.390 e. The fraction of sp³-hybridized carbons (Fsp3) is 0.667. The molecule has 3 rings (SSSR count). The van der Waals surface area contributed by atoms with E-state index in [0.717, 1.165) is 16.5 Å². The molecule has 4 nitrogen and oxygen atoms in total. The Balaban J connectivity index is 2.08. The van der Waals surface area contributed by atoms with E-state index in [-0.39, 0.29) is 6.10 Å². The number of allylic oxidation sites excluding steroid dienone is 1. The third-order valence-electron chi connectivity index (χ3n) is 7.10. The van der Waals surface area contributed by atoms with E-state index in [2.05, 4.69) is 54.9 Å². The van der Waals surface area contributed by atoms with Crippen LogP contribution in [0.2, 0.25) is 0 Å². The molecule has 1 aliphatic heterocycles. The monoisotopic (exact) mass is 498 g/mol. The third-order valence-corrected chi connectivity index (χ3v) is 8.34. The predicted octanol–water partition coefficient (Wildman–Crippen LogP) is 4.76. The molecule has 2 N–H and O–H groups in total. The molecule has 0 amide bonds. The van der Waals surface area contributed by atoms with Crippen LogP contribution in [-0.4, -0.2) is 58.8 Å². The average molecular weight is 500 g/mol. The van der Waals surface area contributed by atoms with E-state index in [0.29, 0.717) is 25.0 Å². The Hall–Kier alpha value is -0.370. The smallest absolute Gasteiger partial charge is 0.104 e. The first-order chi connectivity index (χ1) is 14.1. The number of benzene rings is 1. The first-order valence-corrected chi connectivity index (χ1v) is 12.8. The molecule has 1 heterocycles. The van der Waals surface area contributed by atoms with Gasteiger partial charge in [-0.2, -0.15) is 11.8 Å². The maximum atomic E-state index is 12.3. The third kappa shape index (κ3) is 4.16. The van der Waals surface area contributed by atoms with Crippen LogP contribution in [0.4, 0.5) is 0 Å². The zero-order chi connectivity index (χ0) is 22.2. The van der Waals surface area contributed by atoms with E-state index in [9.17, 15) is 10.2 Å². The number of aliphatic hydroxyl groups excluding tert-OH is 1. The van der Waals surface area contributed by atoms with Gasteiger partial charge in [-0.15, -0.1) is 0 Å². The molecule has 0 spiro atoms. The number of thioether (sulfide) groups is 1. The highest BCUT2D eigenvalue weighted by Crippen LogP contribution is 2.64. The van der Waals surface area contributed by atoms with Crippen LogP contribution in [0.15, 0.2) is 40.4 Å². The Morgan fingerprint density at radius 2 is 2.13 bits per heavy atom. The van der Waals surface area contributed by atoms with Crippen molar-refractivity contribution in [3.05, 3.63) is 46.0 Å². The van der Waals surface area contributed by atoms with Crippen LogP contribution in [0, 0.1) is 5.41 Å². The first-order valence-electron chi connectivity index (χ1n) is 10.6. The summed E-state index contributed by atoms with van der Waals surface area (Å²) < 4.78 is 13.3. The van der Waals surface area contributed by atoms with Gasteiger partial charge in [-0.3, -0.25) is 0 Å². The average Bonchev–Trinajstić information content (AvgIpc) is 3.35. The zero-order valence-electron chi connectivity index (χ0n) is 18.7. The molecule has 1 aromatic rings. The van der Waals surface area contributed by atoms with Gasteiger partial charge >= 0.3 is 0 Å². The lowest BCUT2D eigenvalue weighted by Crippen LogP contribution is -2.70. The summed E-state index contributed by atoms with van der Waals surface area (Å²) in [5.74, 6) is 0.648. The number of aliphatic hydroxyl groups is 2.